The van der Waals surface area contributed by atoms with Crippen molar-refractivity contribution in [2.75, 3.05) is 32.7 Å². The summed E-state index contributed by atoms with van der Waals surface area (Å²) >= 11 is 6.09. The number of benzene rings is 1. The summed E-state index contributed by atoms with van der Waals surface area (Å²) in [6.45, 7) is 6.81. The number of aliphatic hydroxyl groups is 1. The van der Waals surface area contributed by atoms with Gasteiger partial charge in [0, 0.05) is 37.7 Å². The monoisotopic (exact) mass is 268 g/mol. The van der Waals surface area contributed by atoms with Crippen LogP contribution in [0, 0.1) is 6.92 Å². The molecular weight excluding hydrogens is 248 g/mol. The maximum atomic E-state index is 10.1. The van der Waals surface area contributed by atoms with Gasteiger partial charge in [0.2, 0.25) is 0 Å². The van der Waals surface area contributed by atoms with Crippen molar-refractivity contribution in [3.05, 3.63) is 34.3 Å². The number of nitrogens with zero attached hydrogens (tertiary/aromatic N) is 1. The molecule has 1 aliphatic rings. The maximum absolute atomic E-state index is 10.1. The van der Waals surface area contributed by atoms with E-state index in [-0.39, 0.29) is 6.10 Å². The highest BCUT2D eigenvalue weighted by Crippen LogP contribution is 2.17. The van der Waals surface area contributed by atoms with Gasteiger partial charge in [-0.3, -0.25) is 4.90 Å². The second-order valence-corrected chi connectivity index (χ2v) is 5.40. The summed E-state index contributed by atoms with van der Waals surface area (Å²) in [6.07, 6.45) is 0.353. The Kier molecular flexibility index (Phi) is 5.01. The Hall–Kier alpha value is -0.610. The fraction of sp³-hybridized carbons (Fsp3) is 0.571. The van der Waals surface area contributed by atoms with Crippen molar-refractivity contribution < 1.29 is 5.11 Å². The number of hydrogen-bond acceptors (Lipinski definition) is 3. The minimum atomic E-state index is -0.318. The summed E-state index contributed by atoms with van der Waals surface area (Å²) in [6, 6.07) is 6.01. The number of halogens is 1. The lowest BCUT2D eigenvalue weighted by molar-refractivity contribution is 0.105. The van der Waals surface area contributed by atoms with E-state index in [0.717, 1.165) is 48.9 Å². The van der Waals surface area contributed by atoms with Gasteiger partial charge in [-0.15, -0.1) is 0 Å². The van der Waals surface area contributed by atoms with Crippen molar-refractivity contribution in [1.29, 1.82) is 0 Å². The van der Waals surface area contributed by atoms with Gasteiger partial charge in [0.15, 0.2) is 0 Å². The third-order valence-corrected chi connectivity index (χ3v) is 3.79. The van der Waals surface area contributed by atoms with Crippen LogP contribution >= 0.6 is 11.6 Å². The van der Waals surface area contributed by atoms with E-state index in [4.69, 9.17) is 11.6 Å². The summed E-state index contributed by atoms with van der Waals surface area (Å²) in [5.41, 5.74) is 2.19. The van der Waals surface area contributed by atoms with Gasteiger partial charge in [-0.05, 0) is 30.5 Å². The minimum Gasteiger partial charge on any atom is -0.391 e. The molecule has 0 amide bonds. The molecule has 0 bridgehead atoms. The van der Waals surface area contributed by atoms with Crippen molar-refractivity contribution in [1.82, 2.24) is 10.2 Å². The molecule has 0 spiro atoms. The van der Waals surface area contributed by atoms with E-state index >= 15 is 0 Å². The summed E-state index contributed by atoms with van der Waals surface area (Å²) in [5.74, 6) is 0. The molecule has 1 unspecified atom stereocenters. The molecule has 2 rings (SSSR count). The van der Waals surface area contributed by atoms with Crippen LogP contribution < -0.4 is 5.32 Å². The average molecular weight is 269 g/mol. The van der Waals surface area contributed by atoms with E-state index < -0.39 is 0 Å². The van der Waals surface area contributed by atoms with Gasteiger partial charge in [-0.25, -0.2) is 0 Å². The lowest BCUT2D eigenvalue weighted by Gasteiger charge is -2.29. The van der Waals surface area contributed by atoms with E-state index in [1.165, 1.54) is 0 Å². The van der Waals surface area contributed by atoms with Crippen LogP contribution in [-0.4, -0.2) is 48.8 Å². The number of piperazine rings is 1. The molecule has 1 atom stereocenters. The van der Waals surface area contributed by atoms with E-state index in [1.54, 1.807) is 0 Å². The number of aryl methyl sites for hydroxylation is 1. The zero-order chi connectivity index (χ0) is 13.0. The Morgan fingerprint density at radius 2 is 2.11 bits per heavy atom. The van der Waals surface area contributed by atoms with Gasteiger partial charge in [0.05, 0.1) is 6.10 Å². The molecule has 1 aromatic rings. The first kappa shape index (κ1) is 13.8. The standard InChI is InChI=1S/C14H21ClN2O/c1-11-2-3-12(9-14(11)15)8-13(18)10-17-6-4-16-5-7-17/h2-3,9,13,16,18H,4-8,10H2,1H3. The Bertz CT molecular complexity index is 391. The molecule has 1 saturated heterocycles. The quantitative estimate of drug-likeness (QED) is 0.868. The Labute approximate surface area is 114 Å². The number of aliphatic hydroxyl groups excluding tert-OH is 1. The van der Waals surface area contributed by atoms with Crippen LogP contribution in [-0.2, 0) is 6.42 Å². The third-order valence-electron chi connectivity index (χ3n) is 3.39. The van der Waals surface area contributed by atoms with Crippen LogP contribution in [0.15, 0.2) is 18.2 Å². The smallest absolute Gasteiger partial charge is 0.0707 e. The Balaban J connectivity index is 1.85. The van der Waals surface area contributed by atoms with E-state index in [2.05, 4.69) is 10.2 Å². The summed E-state index contributed by atoms with van der Waals surface area (Å²) < 4.78 is 0. The van der Waals surface area contributed by atoms with Crippen molar-refractivity contribution in [2.24, 2.45) is 0 Å². The molecular formula is C14H21ClN2O. The highest BCUT2D eigenvalue weighted by atomic mass is 35.5. The summed E-state index contributed by atoms with van der Waals surface area (Å²) in [7, 11) is 0. The SMILES string of the molecule is Cc1ccc(CC(O)CN2CCNCC2)cc1Cl. The largest absolute Gasteiger partial charge is 0.391 e. The fourth-order valence-electron chi connectivity index (χ4n) is 2.29. The fourth-order valence-corrected chi connectivity index (χ4v) is 2.49. The molecule has 1 aliphatic heterocycles. The molecule has 18 heavy (non-hydrogen) atoms. The molecule has 0 aliphatic carbocycles. The van der Waals surface area contributed by atoms with E-state index in [0.29, 0.717) is 6.42 Å². The van der Waals surface area contributed by atoms with Crippen molar-refractivity contribution in [3.63, 3.8) is 0 Å². The number of β-amino-alcohol motifs (C(OH)–C–C–N with tert-alkyl or cyclic N) is 1. The molecule has 1 fully saturated rings. The van der Waals surface area contributed by atoms with Gasteiger partial charge in [0.25, 0.3) is 0 Å². The first-order valence-corrected chi connectivity index (χ1v) is 6.89. The van der Waals surface area contributed by atoms with Crippen LogP contribution in [0.1, 0.15) is 11.1 Å². The third kappa shape index (κ3) is 3.95. The highest BCUT2D eigenvalue weighted by molar-refractivity contribution is 6.31. The van der Waals surface area contributed by atoms with Gasteiger partial charge in [-0.2, -0.15) is 0 Å². The van der Waals surface area contributed by atoms with Crippen molar-refractivity contribution in [2.45, 2.75) is 19.4 Å². The number of nitrogens with one attached hydrogen (secondary N) is 1. The van der Waals surface area contributed by atoms with E-state index in [1.807, 2.05) is 25.1 Å². The zero-order valence-electron chi connectivity index (χ0n) is 10.8. The first-order chi connectivity index (χ1) is 8.65. The Morgan fingerprint density at radius 1 is 1.39 bits per heavy atom. The second kappa shape index (κ2) is 6.53. The molecule has 100 valence electrons. The van der Waals surface area contributed by atoms with Gasteiger partial charge in [0.1, 0.15) is 0 Å². The van der Waals surface area contributed by atoms with E-state index in [9.17, 15) is 5.11 Å². The molecule has 0 aromatic heterocycles. The van der Waals surface area contributed by atoms with Crippen LogP contribution in [0.25, 0.3) is 0 Å². The maximum Gasteiger partial charge on any atom is 0.0707 e. The van der Waals surface area contributed by atoms with Crippen LogP contribution in [0.4, 0.5) is 0 Å². The number of rotatable bonds is 4. The molecule has 4 heteroatoms. The molecule has 0 saturated carbocycles. The average Bonchev–Trinajstić information content (AvgIpc) is 2.35. The molecule has 2 N–H and O–H groups in total. The lowest BCUT2D eigenvalue weighted by atomic mass is 10.1. The van der Waals surface area contributed by atoms with Crippen molar-refractivity contribution >= 4 is 11.6 Å². The highest BCUT2D eigenvalue weighted by Gasteiger charge is 2.14. The van der Waals surface area contributed by atoms with Crippen LogP contribution in [0.5, 0.6) is 0 Å². The molecule has 1 heterocycles. The second-order valence-electron chi connectivity index (χ2n) is 4.99. The van der Waals surface area contributed by atoms with Gasteiger partial charge < -0.3 is 10.4 Å². The number of hydrogen-bond donors (Lipinski definition) is 2. The summed E-state index contributed by atoms with van der Waals surface area (Å²) in [4.78, 5) is 2.30. The van der Waals surface area contributed by atoms with Gasteiger partial charge in [-0.1, -0.05) is 23.7 Å². The predicted molar refractivity (Wildman–Crippen MR) is 75.2 cm³/mol. The topological polar surface area (TPSA) is 35.5 Å². The first-order valence-electron chi connectivity index (χ1n) is 6.51. The van der Waals surface area contributed by atoms with Crippen LogP contribution in [0.3, 0.4) is 0 Å². The predicted octanol–water partition coefficient (Wildman–Crippen LogP) is 1.46. The minimum absolute atomic E-state index is 0.318. The Morgan fingerprint density at radius 3 is 2.78 bits per heavy atom. The summed E-state index contributed by atoms with van der Waals surface area (Å²) in [5, 5.41) is 14.2. The molecule has 1 aromatic carbocycles. The normalized spacial score (nSPS) is 18.8. The van der Waals surface area contributed by atoms with Crippen LogP contribution in [0.2, 0.25) is 5.02 Å². The zero-order valence-corrected chi connectivity index (χ0v) is 11.6. The molecule has 3 nitrogen and oxygen atoms in total. The van der Waals surface area contributed by atoms with Crippen molar-refractivity contribution in [3.8, 4) is 0 Å². The van der Waals surface area contributed by atoms with Gasteiger partial charge >= 0.3 is 0 Å². The lowest BCUT2D eigenvalue weighted by Crippen LogP contribution is -2.46. The molecule has 0 radical (unpaired) electrons.